The highest BCUT2D eigenvalue weighted by Gasteiger charge is 2.27. The molecule has 0 atom stereocenters. The number of anilines is 1. The SMILES string of the molecule is NS(=O)(=O)Cc1ccc(NC(=O)NCC(F)(F)F)cc1. The first-order valence-electron chi connectivity index (χ1n) is 5.26. The third-order valence-electron chi connectivity index (χ3n) is 2.03. The highest BCUT2D eigenvalue weighted by Crippen LogP contribution is 2.13. The predicted molar refractivity (Wildman–Crippen MR) is 66.3 cm³/mol. The second-order valence-electron chi connectivity index (χ2n) is 3.93. The average Bonchev–Trinajstić information content (AvgIpc) is 2.26. The molecule has 112 valence electrons. The van der Waals surface area contributed by atoms with Crippen molar-refractivity contribution in [2.75, 3.05) is 11.9 Å². The summed E-state index contributed by atoms with van der Waals surface area (Å²) in [5, 5.41) is 8.66. The lowest BCUT2D eigenvalue weighted by Gasteiger charge is -2.10. The van der Waals surface area contributed by atoms with Crippen molar-refractivity contribution in [3.05, 3.63) is 29.8 Å². The molecule has 0 fully saturated rings. The molecule has 0 bridgehead atoms. The Kier molecular flexibility index (Phi) is 4.95. The topological polar surface area (TPSA) is 101 Å². The molecule has 1 aromatic rings. The van der Waals surface area contributed by atoms with Crippen molar-refractivity contribution in [2.24, 2.45) is 5.14 Å². The van der Waals surface area contributed by atoms with E-state index in [1.807, 2.05) is 0 Å². The summed E-state index contributed by atoms with van der Waals surface area (Å²) >= 11 is 0. The van der Waals surface area contributed by atoms with Gasteiger partial charge in [-0.3, -0.25) is 0 Å². The van der Waals surface area contributed by atoms with Crippen LogP contribution in [0.3, 0.4) is 0 Å². The lowest BCUT2D eigenvalue weighted by molar-refractivity contribution is -0.122. The number of amides is 2. The molecule has 0 aliphatic carbocycles. The Morgan fingerprint density at radius 1 is 1.20 bits per heavy atom. The Bertz CT molecular complexity index is 570. The van der Waals surface area contributed by atoms with Crippen LogP contribution in [0.4, 0.5) is 23.7 Å². The summed E-state index contributed by atoms with van der Waals surface area (Å²) in [7, 11) is -3.66. The molecule has 0 saturated heterocycles. The maximum atomic E-state index is 11.9. The van der Waals surface area contributed by atoms with Gasteiger partial charge in [0.1, 0.15) is 6.54 Å². The van der Waals surface area contributed by atoms with Gasteiger partial charge in [0.2, 0.25) is 10.0 Å². The van der Waals surface area contributed by atoms with E-state index in [0.717, 1.165) is 0 Å². The monoisotopic (exact) mass is 311 g/mol. The lowest BCUT2D eigenvalue weighted by atomic mass is 10.2. The Labute approximate surface area is 113 Å². The number of alkyl halides is 3. The van der Waals surface area contributed by atoms with Gasteiger partial charge in [-0.15, -0.1) is 0 Å². The van der Waals surface area contributed by atoms with Crippen LogP contribution >= 0.6 is 0 Å². The standard InChI is InChI=1S/C10H12F3N3O3S/c11-10(12,13)6-15-9(17)16-8-3-1-7(2-4-8)5-20(14,18)19/h1-4H,5-6H2,(H2,14,18,19)(H2,15,16,17). The Morgan fingerprint density at radius 3 is 2.20 bits per heavy atom. The van der Waals surface area contributed by atoms with Crippen molar-refractivity contribution in [3.8, 4) is 0 Å². The van der Waals surface area contributed by atoms with E-state index in [1.165, 1.54) is 24.3 Å². The van der Waals surface area contributed by atoms with E-state index >= 15 is 0 Å². The van der Waals surface area contributed by atoms with E-state index in [9.17, 15) is 26.4 Å². The van der Waals surface area contributed by atoms with Crippen LogP contribution in [0.5, 0.6) is 0 Å². The molecule has 10 heteroatoms. The second kappa shape index (κ2) is 6.09. The van der Waals surface area contributed by atoms with Crippen LogP contribution in [0.25, 0.3) is 0 Å². The molecule has 2 amide bonds. The maximum absolute atomic E-state index is 11.9. The third kappa shape index (κ3) is 6.95. The van der Waals surface area contributed by atoms with E-state index in [1.54, 1.807) is 5.32 Å². The first kappa shape index (κ1) is 16.2. The first-order valence-corrected chi connectivity index (χ1v) is 6.98. The van der Waals surface area contributed by atoms with Gasteiger partial charge >= 0.3 is 12.2 Å². The van der Waals surface area contributed by atoms with Gasteiger partial charge < -0.3 is 10.6 Å². The smallest absolute Gasteiger partial charge is 0.329 e. The summed E-state index contributed by atoms with van der Waals surface area (Å²) in [6.45, 7) is -1.44. The number of hydrogen-bond acceptors (Lipinski definition) is 3. The normalized spacial score (nSPS) is 12.0. The van der Waals surface area contributed by atoms with E-state index < -0.39 is 28.8 Å². The number of nitrogens with one attached hydrogen (secondary N) is 2. The summed E-state index contributed by atoms with van der Waals surface area (Å²) < 4.78 is 57.2. The summed E-state index contributed by atoms with van der Waals surface area (Å²) in [6, 6.07) is 4.48. The Morgan fingerprint density at radius 2 is 1.75 bits per heavy atom. The van der Waals surface area contributed by atoms with Crippen LogP contribution in [0.2, 0.25) is 0 Å². The van der Waals surface area contributed by atoms with Gasteiger partial charge in [0.25, 0.3) is 0 Å². The van der Waals surface area contributed by atoms with Crippen molar-refractivity contribution >= 4 is 21.7 Å². The second-order valence-corrected chi connectivity index (χ2v) is 5.54. The van der Waals surface area contributed by atoms with Crippen LogP contribution < -0.4 is 15.8 Å². The van der Waals surface area contributed by atoms with Gasteiger partial charge in [0.05, 0.1) is 5.75 Å². The summed E-state index contributed by atoms with van der Waals surface area (Å²) in [5.74, 6) is -0.368. The summed E-state index contributed by atoms with van der Waals surface area (Å²) in [6.07, 6.45) is -4.49. The Hall–Kier alpha value is -1.81. The number of carbonyl (C=O) groups is 1. The Balaban J connectivity index is 2.55. The highest BCUT2D eigenvalue weighted by atomic mass is 32.2. The molecular weight excluding hydrogens is 299 g/mol. The molecule has 0 saturated carbocycles. The number of hydrogen-bond donors (Lipinski definition) is 3. The molecule has 4 N–H and O–H groups in total. The molecule has 1 rings (SSSR count). The van der Waals surface area contributed by atoms with Gasteiger partial charge in [-0.25, -0.2) is 18.4 Å². The fraction of sp³-hybridized carbons (Fsp3) is 0.300. The van der Waals surface area contributed by atoms with Crippen molar-refractivity contribution in [1.82, 2.24) is 5.32 Å². The van der Waals surface area contributed by atoms with Gasteiger partial charge in [-0.05, 0) is 17.7 Å². The van der Waals surface area contributed by atoms with Crippen molar-refractivity contribution in [3.63, 3.8) is 0 Å². The molecule has 0 aromatic heterocycles. The van der Waals surface area contributed by atoms with Gasteiger partial charge in [-0.1, -0.05) is 12.1 Å². The minimum Gasteiger partial charge on any atom is -0.329 e. The zero-order valence-corrected chi connectivity index (χ0v) is 10.9. The van der Waals surface area contributed by atoms with Crippen LogP contribution in [0.1, 0.15) is 5.56 Å². The first-order chi connectivity index (χ1) is 9.05. The van der Waals surface area contributed by atoms with Gasteiger partial charge in [0, 0.05) is 5.69 Å². The fourth-order valence-corrected chi connectivity index (χ4v) is 1.93. The summed E-state index contributed by atoms with van der Waals surface area (Å²) in [5.41, 5.74) is 0.622. The van der Waals surface area contributed by atoms with E-state index in [2.05, 4.69) is 5.32 Å². The number of halogens is 3. The molecule has 0 aliphatic rings. The third-order valence-corrected chi connectivity index (χ3v) is 2.76. The van der Waals surface area contributed by atoms with Crippen LogP contribution in [0.15, 0.2) is 24.3 Å². The predicted octanol–water partition coefficient (Wildman–Crippen LogP) is 1.16. The quantitative estimate of drug-likeness (QED) is 0.777. The molecule has 0 aliphatic heterocycles. The number of nitrogens with two attached hydrogens (primary N) is 1. The minimum atomic E-state index is -4.49. The maximum Gasteiger partial charge on any atom is 0.405 e. The van der Waals surface area contributed by atoms with Crippen LogP contribution in [-0.2, 0) is 15.8 Å². The number of benzene rings is 1. The largest absolute Gasteiger partial charge is 0.405 e. The van der Waals surface area contributed by atoms with Crippen molar-refractivity contribution in [2.45, 2.75) is 11.9 Å². The van der Waals surface area contributed by atoms with Gasteiger partial charge in [-0.2, -0.15) is 13.2 Å². The number of urea groups is 1. The molecule has 0 spiro atoms. The molecule has 0 radical (unpaired) electrons. The number of primary sulfonamides is 1. The van der Waals surface area contributed by atoms with Crippen molar-refractivity contribution in [1.29, 1.82) is 0 Å². The zero-order chi connectivity index (χ0) is 15.4. The van der Waals surface area contributed by atoms with Crippen LogP contribution in [0, 0.1) is 0 Å². The fourth-order valence-electron chi connectivity index (χ4n) is 1.27. The van der Waals surface area contributed by atoms with Crippen LogP contribution in [-0.4, -0.2) is 27.2 Å². The molecule has 1 aromatic carbocycles. The van der Waals surface area contributed by atoms with E-state index in [-0.39, 0.29) is 11.4 Å². The number of sulfonamides is 1. The van der Waals surface area contributed by atoms with Gasteiger partial charge in [0.15, 0.2) is 0 Å². The average molecular weight is 311 g/mol. The molecular formula is C10H12F3N3O3S. The van der Waals surface area contributed by atoms with Crippen molar-refractivity contribution < 1.29 is 26.4 Å². The lowest BCUT2D eigenvalue weighted by Crippen LogP contribution is -2.36. The van der Waals surface area contributed by atoms with E-state index in [0.29, 0.717) is 5.56 Å². The highest BCUT2D eigenvalue weighted by molar-refractivity contribution is 7.88. The zero-order valence-electron chi connectivity index (χ0n) is 10.1. The summed E-state index contributed by atoms with van der Waals surface area (Å²) in [4.78, 5) is 11.1. The molecule has 0 heterocycles. The molecule has 20 heavy (non-hydrogen) atoms. The molecule has 6 nitrogen and oxygen atoms in total. The number of rotatable bonds is 4. The molecule has 0 unspecified atom stereocenters. The number of carbonyl (C=O) groups excluding carboxylic acids is 1. The minimum absolute atomic E-state index is 0.225. The van der Waals surface area contributed by atoms with E-state index in [4.69, 9.17) is 5.14 Å².